The first-order valence-electron chi connectivity index (χ1n) is 25.1. The minimum atomic E-state index is -2.42. The van der Waals surface area contributed by atoms with Gasteiger partial charge in [-0.05, 0) is 120 Å². The standard InChI is InChI=1S/C53H81NO13/c1-31-15-11-10-12-16-32(2)44(65-39-21-22-39)29-40-20-18-37(7)53(62,67-40)50(59)51(60)54-24-14-13-17-41(54)52(61)66-45(34(4)27-38-19-23-42(55)46(28-38)63-8)30-43(56)33(3)26-36(6)48(58)49(64-9)47(57)35(5)25-31/h10-12,15-16,26,31,33-35,37-42,44-46,48-49,55,58,62H,13-14,17-25,27-30H2,1-9H3/b12-10+,15-11+,32-16+,36-26+/t31-,33-,34-,35-,37-,38+,40+,41?,42-,44-,45+,46-,48-,49+,53-/m1/s1. The van der Waals surface area contributed by atoms with Crippen molar-refractivity contribution in [1.82, 2.24) is 4.90 Å². The number of cyclic esters (lactones) is 1. The van der Waals surface area contributed by atoms with Gasteiger partial charge < -0.3 is 43.9 Å². The zero-order chi connectivity index (χ0) is 49.2. The van der Waals surface area contributed by atoms with Crippen molar-refractivity contribution in [3.8, 4) is 0 Å². The maximum Gasteiger partial charge on any atom is 0.329 e. The minimum Gasteiger partial charge on any atom is -0.460 e. The van der Waals surface area contributed by atoms with Gasteiger partial charge in [0.05, 0.1) is 30.5 Å². The van der Waals surface area contributed by atoms with E-state index in [1.807, 2.05) is 58.1 Å². The number of rotatable bonds is 7. The van der Waals surface area contributed by atoms with Gasteiger partial charge in [-0.15, -0.1) is 0 Å². The van der Waals surface area contributed by atoms with Gasteiger partial charge in [0.15, 0.2) is 5.78 Å². The molecular weight excluding hydrogens is 859 g/mol. The quantitative estimate of drug-likeness (QED) is 0.139. The van der Waals surface area contributed by atoms with Crippen LogP contribution in [-0.4, -0.2) is 131 Å². The van der Waals surface area contributed by atoms with E-state index in [1.54, 1.807) is 34.0 Å². The maximum absolute atomic E-state index is 14.4. The molecule has 2 bridgehead atoms. The lowest BCUT2D eigenvalue weighted by Crippen LogP contribution is -2.61. The van der Waals surface area contributed by atoms with Crippen molar-refractivity contribution in [3.63, 3.8) is 0 Å². The fraction of sp³-hybridized carbons (Fsp3) is 0.755. The Morgan fingerprint density at radius 2 is 1.58 bits per heavy atom. The van der Waals surface area contributed by atoms with Crippen molar-refractivity contribution in [2.75, 3.05) is 20.8 Å². The largest absolute Gasteiger partial charge is 0.460 e. The Kier molecular flexibility index (Phi) is 20.3. The number of Topliss-reactive ketones (excluding diaryl/α,β-unsaturated/α-hetero) is 3. The minimum absolute atomic E-state index is 0.0232. The number of ether oxygens (including phenoxy) is 5. The number of methoxy groups -OCH3 is 2. The Morgan fingerprint density at radius 3 is 2.27 bits per heavy atom. The number of aliphatic hydroxyl groups is 3. The molecule has 1 amide bonds. The third kappa shape index (κ3) is 14.6. The van der Waals surface area contributed by atoms with Crippen LogP contribution in [-0.2, 0) is 47.7 Å². The summed E-state index contributed by atoms with van der Waals surface area (Å²) in [6, 6.07) is -1.14. The fourth-order valence-electron chi connectivity index (χ4n) is 10.4. The van der Waals surface area contributed by atoms with Crippen LogP contribution in [0.15, 0.2) is 47.6 Å². The molecular formula is C53H81NO13. The molecule has 0 aromatic carbocycles. The van der Waals surface area contributed by atoms with Crippen LogP contribution in [0.3, 0.4) is 0 Å². The number of carbonyl (C=O) groups is 5. The average molecular weight is 940 g/mol. The lowest BCUT2D eigenvalue weighted by molar-refractivity contribution is -0.266. The number of piperidine rings is 1. The number of ketones is 3. The van der Waals surface area contributed by atoms with Gasteiger partial charge in [0, 0.05) is 51.4 Å². The van der Waals surface area contributed by atoms with Gasteiger partial charge >= 0.3 is 5.97 Å². The smallest absolute Gasteiger partial charge is 0.329 e. The molecule has 1 unspecified atom stereocenters. The highest BCUT2D eigenvalue weighted by Gasteiger charge is 2.53. The van der Waals surface area contributed by atoms with Gasteiger partial charge in [-0.2, -0.15) is 0 Å². The van der Waals surface area contributed by atoms with Crippen molar-refractivity contribution >= 4 is 29.2 Å². The highest BCUT2D eigenvalue weighted by molar-refractivity contribution is 6.39. The number of amides is 1. The highest BCUT2D eigenvalue weighted by atomic mass is 16.6. The number of allylic oxidation sites excluding steroid dienone is 6. The summed E-state index contributed by atoms with van der Waals surface area (Å²) in [6.45, 7) is 12.9. The SMILES string of the molecule is CO[C@@H]1C[C@H](C[C@@H](C)[C@@H]2CC(=O)[C@H](C)/C=C(\C)[C@@H](O)[C@@H](OC)C(=O)[C@H](C)C[C@H](C)/C=C/C=C/C=C(\C)[C@H](OC3CC3)C[C@@H]3CC[C@@H](C)[C@@](O)(O3)C(=O)C(=O)N3CCCCC3C(=O)O2)CC[C@H]1O. The van der Waals surface area contributed by atoms with Gasteiger partial charge in [0.25, 0.3) is 11.7 Å². The summed E-state index contributed by atoms with van der Waals surface area (Å²) in [5, 5.41) is 34.0. The van der Waals surface area contributed by atoms with Crippen LogP contribution in [0.5, 0.6) is 0 Å². The second-order valence-electron chi connectivity index (χ2n) is 20.7. The third-order valence-corrected chi connectivity index (χ3v) is 15.1. The van der Waals surface area contributed by atoms with Gasteiger partial charge in [-0.25, -0.2) is 4.79 Å². The molecule has 67 heavy (non-hydrogen) atoms. The van der Waals surface area contributed by atoms with Crippen LogP contribution in [0, 0.1) is 35.5 Å². The predicted octanol–water partition coefficient (Wildman–Crippen LogP) is 6.71. The van der Waals surface area contributed by atoms with Crippen LogP contribution in [0.25, 0.3) is 0 Å². The molecule has 14 heteroatoms. The number of hydrogen-bond donors (Lipinski definition) is 3. The van der Waals surface area contributed by atoms with Crippen molar-refractivity contribution in [2.24, 2.45) is 35.5 Å². The van der Waals surface area contributed by atoms with Crippen LogP contribution >= 0.6 is 0 Å². The van der Waals surface area contributed by atoms with E-state index < -0.39 is 77.8 Å². The molecule has 376 valence electrons. The van der Waals surface area contributed by atoms with Gasteiger partial charge in [-0.1, -0.05) is 71.1 Å². The number of carbonyl (C=O) groups excluding carboxylic acids is 5. The second-order valence-corrected chi connectivity index (χ2v) is 20.7. The van der Waals surface area contributed by atoms with E-state index in [4.69, 9.17) is 23.7 Å². The molecule has 5 aliphatic rings. The summed E-state index contributed by atoms with van der Waals surface area (Å²) in [6.07, 6.45) is 13.5. The van der Waals surface area contributed by atoms with E-state index in [0.29, 0.717) is 63.4 Å². The molecule has 0 radical (unpaired) electrons. The monoisotopic (exact) mass is 940 g/mol. The first-order chi connectivity index (χ1) is 31.8. The van der Waals surface area contributed by atoms with Crippen molar-refractivity contribution in [2.45, 2.75) is 199 Å². The Labute approximate surface area is 398 Å². The molecule has 2 aliphatic carbocycles. The molecule has 0 spiro atoms. The Bertz CT molecular complexity index is 1840. The lowest BCUT2D eigenvalue weighted by Gasteiger charge is -2.43. The van der Waals surface area contributed by atoms with E-state index in [1.165, 1.54) is 12.0 Å². The predicted molar refractivity (Wildman–Crippen MR) is 252 cm³/mol. The summed E-state index contributed by atoms with van der Waals surface area (Å²) >= 11 is 0. The molecule has 0 aromatic rings. The molecule has 2 saturated heterocycles. The molecule has 3 heterocycles. The molecule has 4 fully saturated rings. The fourth-order valence-corrected chi connectivity index (χ4v) is 10.4. The number of hydrogen-bond acceptors (Lipinski definition) is 13. The highest BCUT2D eigenvalue weighted by Crippen LogP contribution is 2.39. The number of esters is 1. The summed E-state index contributed by atoms with van der Waals surface area (Å²) in [7, 11) is 2.95. The van der Waals surface area contributed by atoms with Crippen molar-refractivity contribution in [3.05, 3.63) is 47.6 Å². The first kappa shape index (κ1) is 54.6. The summed E-state index contributed by atoms with van der Waals surface area (Å²) in [5.74, 6) is -7.89. The number of fused-ring (bicyclic) bond motifs is 3. The van der Waals surface area contributed by atoms with Gasteiger partial charge in [0.2, 0.25) is 5.79 Å². The van der Waals surface area contributed by atoms with Gasteiger partial charge in [0.1, 0.15) is 30.1 Å². The van der Waals surface area contributed by atoms with Gasteiger partial charge in [-0.3, -0.25) is 19.2 Å². The molecule has 3 aliphatic heterocycles. The van der Waals surface area contributed by atoms with E-state index in [2.05, 4.69) is 0 Å². The maximum atomic E-state index is 14.4. The molecule has 2 saturated carbocycles. The van der Waals surface area contributed by atoms with E-state index in [0.717, 1.165) is 24.8 Å². The normalized spacial score (nSPS) is 40.7. The molecule has 14 nitrogen and oxygen atoms in total. The van der Waals surface area contributed by atoms with Crippen LogP contribution in [0.1, 0.15) is 138 Å². The van der Waals surface area contributed by atoms with Crippen LogP contribution in [0.4, 0.5) is 0 Å². The summed E-state index contributed by atoms with van der Waals surface area (Å²) in [5.41, 5.74) is 1.33. The zero-order valence-electron chi connectivity index (χ0n) is 41.6. The Hall–Kier alpha value is -3.37. The van der Waals surface area contributed by atoms with Crippen molar-refractivity contribution < 1.29 is 63.0 Å². The van der Waals surface area contributed by atoms with E-state index in [-0.39, 0.29) is 67.0 Å². The molecule has 0 aromatic heterocycles. The lowest BCUT2D eigenvalue weighted by atomic mass is 9.78. The Morgan fingerprint density at radius 1 is 0.851 bits per heavy atom. The van der Waals surface area contributed by atoms with E-state index >= 15 is 0 Å². The Balaban J connectivity index is 1.47. The molecule has 3 N–H and O–H groups in total. The van der Waals surface area contributed by atoms with Crippen molar-refractivity contribution in [1.29, 1.82) is 0 Å². The first-order valence-corrected chi connectivity index (χ1v) is 25.1. The summed E-state index contributed by atoms with van der Waals surface area (Å²) < 4.78 is 30.1. The third-order valence-electron chi connectivity index (χ3n) is 15.1. The zero-order valence-corrected chi connectivity index (χ0v) is 41.6. The van der Waals surface area contributed by atoms with Crippen LogP contribution in [0.2, 0.25) is 0 Å². The summed E-state index contributed by atoms with van der Waals surface area (Å²) in [4.78, 5) is 72.2. The van der Waals surface area contributed by atoms with E-state index in [9.17, 15) is 39.3 Å². The second kappa shape index (κ2) is 25.0. The molecule has 5 rings (SSSR count). The molecule has 15 atom stereocenters. The number of nitrogens with zero attached hydrogens (tertiary/aromatic N) is 1. The topological polar surface area (TPSA) is 195 Å². The number of aliphatic hydroxyl groups excluding tert-OH is 2. The van der Waals surface area contributed by atoms with Crippen LogP contribution < -0.4 is 0 Å². The average Bonchev–Trinajstić information content (AvgIpc) is 4.13.